The van der Waals surface area contributed by atoms with E-state index in [1.165, 1.54) is 13.2 Å². The molecule has 18 heavy (non-hydrogen) atoms. The number of aryl methyl sites for hydroxylation is 1. The molecule has 1 atom stereocenters. The van der Waals surface area contributed by atoms with E-state index in [-0.39, 0.29) is 17.8 Å². The minimum absolute atomic E-state index is 0.0784. The van der Waals surface area contributed by atoms with Crippen molar-refractivity contribution in [2.24, 2.45) is 0 Å². The fraction of sp³-hybridized carbons (Fsp3) is 0.500. The lowest BCUT2D eigenvalue weighted by Crippen LogP contribution is -2.48. The first kappa shape index (κ1) is 13.0. The summed E-state index contributed by atoms with van der Waals surface area (Å²) in [7, 11) is 1.38. The number of hydrogen-bond acceptors (Lipinski definition) is 3. The Labute approximate surface area is 106 Å². The molecule has 1 unspecified atom stereocenters. The quantitative estimate of drug-likeness (QED) is 0.838. The standard InChI is InChI=1S/C14H18FNO2/c1-14(2,13(17)18-3)16-12-7-4-9-8-10(15)5-6-11(9)12/h5-6,8,12,16H,4,7H2,1-3H3. The van der Waals surface area contributed by atoms with Crippen molar-refractivity contribution in [3.05, 3.63) is 35.1 Å². The lowest BCUT2D eigenvalue weighted by Gasteiger charge is -2.27. The van der Waals surface area contributed by atoms with Gasteiger partial charge >= 0.3 is 5.97 Å². The molecule has 98 valence electrons. The van der Waals surface area contributed by atoms with Gasteiger partial charge in [0.05, 0.1) is 7.11 Å². The van der Waals surface area contributed by atoms with Gasteiger partial charge in [0, 0.05) is 6.04 Å². The van der Waals surface area contributed by atoms with E-state index in [1.807, 2.05) is 0 Å². The average molecular weight is 251 g/mol. The van der Waals surface area contributed by atoms with Gasteiger partial charge in [-0.3, -0.25) is 10.1 Å². The molecule has 1 N–H and O–H groups in total. The third-order valence-electron chi connectivity index (χ3n) is 3.41. The Morgan fingerprint density at radius 3 is 2.89 bits per heavy atom. The monoisotopic (exact) mass is 251 g/mol. The van der Waals surface area contributed by atoms with Crippen LogP contribution in [0.3, 0.4) is 0 Å². The van der Waals surface area contributed by atoms with E-state index in [1.54, 1.807) is 26.0 Å². The molecular weight excluding hydrogens is 233 g/mol. The minimum atomic E-state index is -0.741. The van der Waals surface area contributed by atoms with Crippen LogP contribution in [0.25, 0.3) is 0 Å². The van der Waals surface area contributed by atoms with Crippen LogP contribution in [0.4, 0.5) is 4.39 Å². The van der Waals surface area contributed by atoms with Crippen LogP contribution < -0.4 is 5.32 Å². The van der Waals surface area contributed by atoms with Gasteiger partial charge in [-0.25, -0.2) is 4.39 Å². The van der Waals surface area contributed by atoms with Crippen LogP contribution in [-0.4, -0.2) is 18.6 Å². The van der Waals surface area contributed by atoms with Crippen molar-refractivity contribution in [1.82, 2.24) is 5.32 Å². The largest absolute Gasteiger partial charge is 0.468 e. The van der Waals surface area contributed by atoms with Crippen LogP contribution in [0.5, 0.6) is 0 Å². The summed E-state index contributed by atoms with van der Waals surface area (Å²) >= 11 is 0. The normalized spacial score (nSPS) is 18.6. The Balaban J connectivity index is 2.17. The second kappa shape index (κ2) is 4.69. The average Bonchev–Trinajstić information content (AvgIpc) is 2.69. The van der Waals surface area contributed by atoms with E-state index in [2.05, 4.69) is 5.32 Å². The first-order valence-electron chi connectivity index (χ1n) is 6.08. The fourth-order valence-corrected chi connectivity index (χ4v) is 2.49. The number of ether oxygens (including phenoxy) is 1. The smallest absolute Gasteiger partial charge is 0.325 e. The summed E-state index contributed by atoms with van der Waals surface area (Å²) in [4.78, 5) is 11.6. The van der Waals surface area contributed by atoms with E-state index < -0.39 is 5.54 Å². The Morgan fingerprint density at radius 2 is 2.22 bits per heavy atom. The third kappa shape index (κ3) is 2.38. The van der Waals surface area contributed by atoms with Crippen LogP contribution in [0.2, 0.25) is 0 Å². The van der Waals surface area contributed by atoms with Crippen LogP contribution >= 0.6 is 0 Å². The molecule has 0 aliphatic heterocycles. The van der Waals surface area contributed by atoms with E-state index in [0.29, 0.717) is 0 Å². The Bertz CT molecular complexity index is 471. The van der Waals surface area contributed by atoms with Crippen molar-refractivity contribution in [3.8, 4) is 0 Å². The third-order valence-corrected chi connectivity index (χ3v) is 3.41. The van der Waals surface area contributed by atoms with E-state index >= 15 is 0 Å². The molecule has 0 radical (unpaired) electrons. The summed E-state index contributed by atoms with van der Waals surface area (Å²) in [6.07, 6.45) is 1.71. The lowest BCUT2D eigenvalue weighted by atomic mass is 10.0. The van der Waals surface area contributed by atoms with Crippen LogP contribution in [0.1, 0.15) is 37.4 Å². The minimum Gasteiger partial charge on any atom is -0.468 e. The predicted octanol–water partition coefficient (Wildman–Crippen LogP) is 2.35. The zero-order valence-electron chi connectivity index (χ0n) is 10.9. The van der Waals surface area contributed by atoms with Gasteiger partial charge < -0.3 is 4.74 Å². The van der Waals surface area contributed by atoms with Gasteiger partial charge in [-0.1, -0.05) is 6.07 Å². The molecule has 0 heterocycles. The number of carbonyl (C=O) groups is 1. The summed E-state index contributed by atoms with van der Waals surface area (Å²) in [5.41, 5.74) is 1.36. The predicted molar refractivity (Wildman–Crippen MR) is 66.7 cm³/mol. The maximum Gasteiger partial charge on any atom is 0.325 e. The molecule has 0 spiro atoms. The van der Waals surface area contributed by atoms with Gasteiger partial charge in [0.25, 0.3) is 0 Å². The molecule has 3 nitrogen and oxygen atoms in total. The SMILES string of the molecule is COC(=O)C(C)(C)NC1CCc2cc(F)ccc21. The van der Waals surface area contributed by atoms with Gasteiger partial charge in [0.15, 0.2) is 0 Å². The Kier molecular flexibility index (Phi) is 3.39. The molecule has 0 saturated carbocycles. The summed E-state index contributed by atoms with van der Waals surface area (Å²) in [6, 6.07) is 4.91. The number of methoxy groups -OCH3 is 1. The maximum atomic E-state index is 13.1. The zero-order valence-corrected chi connectivity index (χ0v) is 10.9. The molecule has 1 aromatic carbocycles. The summed E-state index contributed by atoms with van der Waals surface area (Å²) in [5, 5.41) is 3.28. The second-order valence-corrected chi connectivity index (χ2v) is 5.20. The molecule has 0 bridgehead atoms. The number of halogens is 1. The fourth-order valence-electron chi connectivity index (χ4n) is 2.49. The zero-order chi connectivity index (χ0) is 13.3. The molecule has 0 amide bonds. The highest BCUT2D eigenvalue weighted by Crippen LogP contribution is 2.33. The molecule has 2 rings (SSSR count). The topological polar surface area (TPSA) is 38.3 Å². The molecular formula is C14H18FNO2. The number of fused-ring (bicyclic) bond motifs is 1. The molecule has 0 fully saturated rings. The number of esters is 1. The van der Waals surface area contributed by atoms with Gasteiger partial charge in [-0.15, -0.1) is 0 Å². The van der Waals surface area contributed by atoms with Crippen molar-refractivity contribution in [3.63, 3.8) is 0 Å². The highest BCUT2D eigenvalue weighted by Gasteiger charge is 2.34. The molecule has 1 aliphatic rings. The Morgan fingerprint density at radius 1 is 1.50 bits per heavy atom. The number of hydrogen-bond donors (Lipinski definition) is 1. The summed E-state index contributed by atoms with van der Waals surface area (Å²) in [5.74, 6) is -0.500. The first-order valence-corrected chi connectivity index (χ1v) is 6.08. The van der Waals surface area contributed by atoms with Crippen molar-refractivity contribution in [2.75, 3.05) is 7.11 Å². The van der Waals surface area contributed by atoms with E-state index in [4.69, 9.17) is 4.74 Å². The van der Waals surface area contributed by atoms with Crippen LogP contribution in [-0.2, 0) is 16.0 Å². The van der Waals surface area contributed by atoms with Crippen molar-refractivity contribution in [2.45, 2.75) is 38.3 Å². The number of carbonyl (C=O) groups excluding carboxylic acids is 1. The van der Waals surface area contributed by atoms with Crippen LogP contribution in [0, 0.1) is 5.82 Å². The van der Waals surface area contributed by atoms with Crippen LogP contribution in [0.15, 0.2) is 18.2 Å². The summed E-state index contributed by atoms with van der Waals surface area (Å²) < 4.78 is 17.9. The van der Waals surface area contributed by atoms with Gasteiger partial charge in [0.2, 0.25) is 0 Å². The van der Waals surface area contributed by atoms with Crippen molar-refractivity contribution < 1.29 is 13.9 Å². The highest BCUT2D eigenvalue weighted by atomic mass is 19.1. The maximum absolute atomic E-state index is 13.1. The summed E-state index contributed by atoms with van der Waals surface area (Å²) in [6.45, 7) is 3.58. The molecule has 1 aliphatic carbocycles. The van der Waals surface area contributed by atoms with Crippen molar-refractivity contribution >= 4 is 5.97 Å². The molecule has 4 heteroatoms. The Hall–Kier alpha value is -1.42. The van der Waals surface area contributed by atoms with Crippen molar-refractivity contribution in [1.29, 1.82) is 0 Å². The molecule has 0 saturated heterocycles. The van der Waals surface area contributed by atoms with E-state index in [9.17, 15) is 9.18 Å². The number of rotatable bonds is 3. The number of nitrogens with one attached hydrogen (secondary N) is 1. The second-order valence-electron chi connectivity index (χ2n) is 5.20. The van der Waals surface area contributed by atoms with Gasteiger partial charge in [-0.05, 0) is 49.9 Å². The lowest BCUT2D eigenvalue weighted by molar-refractivity contribution is -0.147. The van der Waals surface area contributed by atoms with Gasteiger partial charge in [0.1, 0.15) is 11.4 Å². The van der Waals surface area contributed by atoms with E-state index in [0.717, 1.165) is 24.0 Å². The molecule has 1 aromatic rings. The number of benzene rings is 1. The van der Waals surface area contributed by atoms with Gasteiger partial charge in [-0.2, -0.15) is 0 Å². The first-order chi connectivity index (χ1) is 8.44. The molecule has 0 aromatic heterocycles. The highest BCUT2D eigenvalue weighted by molar-refractivity contribution is 5.79.